The molecule has 0 spiro atoms. The highest BCUT2D eigenvalue weighted by Gasteiger charge is 2.15. The predicted octanol–water partition coefficient (Wildman–Crippen LogP) is 5.49. The van der Waals surface area contributed by atoms with Gasteiger partial charge in [0.1, 0.15) is 17.2 Å². The Morgan fingerprint density at radius 1 is 0.800 bits per heavy atom. The molecule has 0 saturated carbocycles. The molecule has 1 atom stereocenters. The van der Waals surface area contributed by atoms with E-state index in [9.17, 15) is 0 Å². The van der Waals surface area contributed by atoms with Gasteiger partial charge >= 0.3 is 0 Å². The zero-order chi connectivity index (χ0) is 21.1. The van der Waals surface area contributed by atoms with E-state index in [0.717, 1.165) is 51.3 Å². The van der Waals surface area contributed by atoms with Crippen LogP contribution in [0.25, 0.3) is 21.8 Å². The monoisotopic (exact) mass is 402 g/mol. The number of hydrogen-bond acceptors (Lipinski definition) is 4. The normalized spacial score (nSPS) is 12.0. The van der Waals surface area contributed by atoms with Crippen LogP contribution in [0.15, 0.2) is 73.3 Å². The summed E-state index contributed by atoms with van der Waals surface area (Å²) in [7, 11) is 5.04. The van der Waals surface area contributed by atoms with Crippen LogP contribution in [0.5, 0.6) is 17.2 Å². The number of benzene rings is 3. The molecular weight excluding hydrogens is 376 g/mol. The Morgan fingerprint density at radius 2 is 1.30 bits per heavy atom. The van der Waals surface area contributed by atoms with Crippen LogP contribution in [0.3, 0.4) is 0 Å². The van der Waals surface area contributed by atoms with Crippen molar-refractivity contribution in [1.29, 1.82) is 0 Å². The molecule has 0 unspecified atom stereocenters. The molecule has 0 amide bonds. The molecule has 4 aromatic rings. The Morgan fingerprint density at radius 3 is 1.77 bits per heavy atom. The Kier molecular flexibility index (Phi) is 5.53. The zero-order valence-corrected chi connectivity index (χ0v) is 17.5. The van der Waals surface area contributed by atoms with E-state index in [-0.39, 0.29) is 6.04 Å². The van der Waals surface area contributed by atoms with E-state index in [1.54, 1.807) is 21.3 Å². The van der Waals surface area contributed by atoms with Gasteiger partial charge in [0, 0.05) is 34.0 Å². The molecule has 0 aliphatic heterocycles. The first-order valence-electron chi connectivity index (χ1n) is 9.84. The molecule has 1 heterocycles. The average molecular weight is 402 g/mol. The van der Waals surface area contributed by atoms with Crippen LogP contribution in [0.4, 0.5) is 5.69 Å². The maximum absolute atomic E-state index is 5.46. The highest BCUT2D eigenvalue weighted by atomic mass is 16.5. The van der Waals surface area contributed by atoms with Crippen molar-refractivity contribution in [2.45, 2.75) is 12.6 Å². The second kappa shape index (κ2) is 8.41. The van der Waals surface area contributed by atoms with Crippen LogP contribution in [0.1, 0.15) is 0 Å². The molecular formula is C25H26N2O3. The van der Waals surface area contributed by atoms with Crippen molar-refractivity contribution >= 4 is 27.5 Å². The summed E-state index contributed by atoms with van der Waals surface area (Å²) >= 11 is 0. The first-order valence-corrected chi connectivity index (χ1v) is 9.84. The van der Waals surface area contributed by atoms with Gasteiger partial charge in [0.25, 0.3) is 0 Å². The molecule has 0 saturated heterocycles. The fourth-order valence-electron chi connectivity index (χ4n) is 3.79. The van der Waals surface area contributed by atoms with Gasteiger partial charge in [-0.25, -0.2) is 0 Å². The summed E-state index contributed by atoms with van der Waals surface area (Å²) in [6.07, 6.45) is 1.94. The maximum atomic E-state index is 5.46. The van der Waals surface area contributed by atoms with E-state index in [4.69, 9.17) is 14.2 Å². The minimum absolute atomic E-state index is 0.0430. The number of nitrogens with one attached hydrogen (secondary N) is 1. The molecule has 1 N–H and O–H groups in total. The molecule has 0 radical (unpaired) electrons. The van der Waals surface area contributed by atoms with Crippen molar-refractivity contribution < 1.29 is 14.2 Å². The van der Waals surface area contributed by atoms with Gasteiger partial charge in [-0.15, -0.1) is 6.58 Å². The van der Waals surface area contributed by atoms with Crippen molar-refractivity contribution in [3.05, 3.63) is 73.3 Å². The molecule has 154 valence electrons. The van der Waals surface area contributed by atoms with Crippen molar-refractivity contribution in [2.24, 2.45) is 0 Å². The standard InChI is InChI=1S/C25H26N2O3/c1-5-17(26-18-6-8-19(28-2)9-7-18)16-27-24-12-10-20(29-3)14-22(24)23-15-21(30-4)11-13-25(23)27/h5-15,17,26H,1,16H2,2-4H3/t17-/m0/s1. The number of aromatic nitrogens is 1. The summed E-state index contributed by atoms with van der Waals surface area (Å²) < 4.78 is 18.5. The van der Waals surface area contributed by atoms with Crippen molar-refractivity contribution in [2.75, 3.05) is 26.6 Å². The Hall–Kier alpha value is -3.60. The van der Waals surface area contributed by atoms with E-state index in [0.29, 0.717) is 0 Å². The molecule has 4 rings (SSSR count). The molecule has 30 heavy (non-hydrogen) atoms. The van der Waals surface area contributed by atoms with E-state index in [1.807, 2.05) is 42.5 Å². The van der Waals surface area contributed by atoms with Gasteiger partial charge in [0.15, 0.2) is 0 Å². The van der Waals surface area contributed by atoms with Gasteiger partial charge < -0.3 is 24.1 Å². The van der Waals surface area contributed by atoms with Crippen LogP contribution in [-0.4, -0.2) is 31.9 Å². The first-order chi connectivity index (χ1) is 14.7. The third kappa shape index (κ3) is 3.66. The van der Waals surface area contributed by atoms with E-state index < -0.39 is 0 Å². The van der Waals surface area contributed by atoms with Crippen LogP contribution in [0.2, 0.25) is 0 Å². The third-order valence-electron chi connectivity index (χ3n) is 5.39. The molecule has 5 nitrogen and oxygen atoms in total. The first kappa shape index (κ1) is 19.7. The summed E-state index contributed by atoms with van der Waals surface area (Å²) in [5.74, 6) is 2.50. The second-order valence-corrected chi connectivity index (χ2v) is 7.09. The third-order valence-corrected chi connectivity index (χ3v) is 5.39. The zero-order valence-electron chi connectivity index (χ0n) is 17.5. The van der Waals surface area contributed by atoms with Crippen molar-refractivity contribution in [3.8, 4) is 17.2 Å². The van der Waals surface area contributed by atoms with E-state index in [2.05, 4.69) is 40.7 Å². The minimum atomic E-state index is 0.0430. The van der Waals surface area contributed by atoms with Gasteiger partial charge in [-0.3, -0.25) is 0 Å². The molecule has 5 heteroatoms. The Balaban J connectivity index is 1.74. The Labute approximate surface area is 176 Å². The SMILES string of the molecule is C=C[C@@H](Cn1c2ccc(OC)cc2c2cc(OC)ccc21)Nc1ccc(OC)cc1. The van der Waals surface area contributed by atoms with E-state index in [1.165, 1.54) is 0 Å². The predicted molar refractivity (Wildman–Crippen MR) is 123 cm³/mol. The average Bonchev–Trinajstić information content (AvgIpc) is 3.10. The number of nitrogens with zero attached hydrogens (tertiary/aromatic N) is 1. The minimum Gasteiger partial charge on any atom is -0.497 e. The number of methoxy groups -OCH3 is 3. The topological polar surface area (TPSA) is 44.7 Å². The summed E-state index contributed by atoms with van der Waals surface area (Å²) in [5, 5.41) is 5.82. The Bertz CT molecular complexity index is 1120. The number of hydrogen-bond donors (Lipinski definition) is 1. The van der Waals surface area contributed by atoms with Crippen molar-refractivity contribution in [1.82, 2.24) is 4.57 Å². The quantitative estimate of drug-likeness (QED) is 0.396. The summed E-state index contributed by atoms with van der Waals surface area (Å²) in [6.45, 7) is 4.78. The maximum Gasteiger partial charge on any atom is 0.119 e. The summed E-state index contributed by atoms with van der Waals surface area (Å²) in [4.78, 5) is 0. The largest absolute Gasteiger partial charge is 0.497 e. The van der Waals surface area contributed by atoms with Crippen LogP contribution >= 0.6 is 0 Å². The van der Waals surface area contributed by atoms with Gasteiger partial charge in [-0.2, -0.15) is 0 Å². The van der Waals surface area contributed by atoms with Gasteiger partial charge in [0.2, 0.25) is 0 Å². The van der Waals surface area contributed by atoms with Gasteiger partial charge in [-0.05, 0) is 60.7 Å². The number of anilines is 1. The van der Waals surface area contributed by atoms with Crippen LogP contribution in [0, 0.1) is 0 Å². The molecule has 0 bridgehead atoms. The lowest BCUT2D eigenvalue weighted by atomic mass is 10.1. The van der Waals surface area contributed by atoms with E-state index >= 15 is 0 Å². The van der Waals surface area contributed by atoms with Crippen molar-refractivity contribution in [3.63, 3.8) is 0 Å². The lowest BCUT2D eigenvalue weighted by Crippen LogP contribution is -2.23. The molecule has 0 fully saturated rings. The number of fused-ring (bicyclic) bond motifs is 3. The summed E-state index contributed by atoms with van der Waals surface area (Å²) in [5.41, 5.74) is 3.30. The molecule has 1 aromatic heterocycles. The van der Waals surface area contributed by atoms with Crippen LogP contribution < -0.4 is 19.5 Å². The second-order valence-electron chi connectivity index (χ2n) is 7.09. The summed E-state index contributed by atoms with van der Waals surface area (Å²) in [6, 6.07) is 20.3. The van der Waals surface area contributed by atoms with Gasteiger partial charge in [-0.1, -0.05) is 6.08 Å². The molecule has 3 aromatic carbocycles. The number of ether oxygens (including phenoxy) is 3. The lowest BCUT2D eigenvalue weighted by Gasteiger charge is -2.19. The highest BCUT2D eigenvalue weighted by molar-refractivity contribution is 6.09. The fourth-order valence-corrected chi connectivity index (χ4v) is 3.79. The smallest absolute Gasteiger partial charge is 0.119 e. The van der Waals surface area contributed by atoms with Gasteiger partial charge in [0.05, 0.1) is 27.4 Å². The number of rotatable bonds is 8. The molecule has 0 aliphatic carbocycles. The molecule has 0 aliphatic rings. The lowest BCUT2D eigenvalue weighted by molar-refractivity contribution is 0.415. The van der Waals surface area contributed by atoms with Crippen LogP contribution in [-0.2, 0) is 6.54 Å². The highest BCUT2D eigenvalue weighted by Crippen LogP contribution is 2.34. The fraction of sp³-hybridized carbons (Fsp3) is 0.200.